The van der Waals surface area contributed by atoms with Crippen LogP contribution in [0.1, 0.15) is 44.3 Å². The number of aromatic nitrogens is 2. The van der Waals surface area contributed by atoms with E-state index >= 15 is 0 Å². The fourth-order valence-corrected chi connectivity index (χ4v) is 2.78. The van der Waals surface area contributed by atoms with E-state index in [9.17, 15) is 0 Å². The Morgan fingerprint density at radius 3 is 3.00 bits per heavy atom. The second-order valence-electron chi connectivity index (χ2n) is 5.54. The van der Waals surface area contributed by atoms with Gasteiger partial charge in [-0.1, -0.05) is 13.8 Å². The molecule has 18 heavy (non-hydrogen) atoms. The van der Waals surface area contributed by atoms with Gasteiger partial charge in [0.2, 0.25) is 0 Å². The van der Waals surface area contributed by atoms with Gasteiger partial charge in [-0.05, 0) is 25.3 Å². The summed E-state index contributed by atoms with van der Waals surface area (Å²) in [5, 5.41) is 3.48. The van der Waals surface area contributed by atoms with Crippen LogP contribution in [0.4, 0.5) is 0 Å². The molecule has 1 saturated heterocycles. The molecule has 0 amide bonds. The molecule has 2 atom stereocenters. The van der Waals surface area contributed by atoms with Crippen LogP contribution >= 0.6 is 0 Å². The van der Waals surface area contributed by atoms with Gasteiger partial charge in [0.15, 0.2) is 0 Å². The summed E-state index contributed by atoms with van der Waals surface area (Å²) in [7, 11) is 1.77. The maximum atomic E-state index is 5.37. The van der Waals surface area contributed by atoms with Crippen LogP contribution in [-0.4, -0.2) is 36.4 Å². The summed E-state index contributed by atoms with van der Waals surface area (Å²) in [5.74, 6) is 1.15. The summed E-state index contributed by atoms with van der Waals surface area (Å²) < 4.78 is 7.69. The first-order valence-electron chi connectivity index (χ1n) is 6.95. The first-order chi connectivity index (χ1) is 8.74. The Morgan fingerprint density at radius 2 is 2.39 bits per heavy atom. The van der Waals surface area contributed by atoms with Gasteiger partial charge in [-0.3, -0.25) is 0 Å². The third-order valence-corrected chi connectivity index (χ3v) is 3.88. The largest absolute Gasteiger partial charge is 0.383 e. The molecule has 2 unspecified atom stereocenters. The fourth-order valence-electron chi connectivity index (χ4n) is 2.78. The second kappa shape index (κ2) is 6.34. The van der Waals surface area contributed by atoms with Crippen molar-refractivity contribution in [3.05, 3.63) is 18.2 Å². The van der Waals surface area contributed by atoms with Crippen molar-refractivity contribution in [2.45, 2.75) is 38.6 Å². The Morgan fingerprint density at radius 1 is 1.56 bits per heavy atom. The summed E-state index contributed by atoms with van der Waals surface area (Å²) in [5.41, 5.74) is 1.36. The molecule has 1 aliphatic heterocycles. The van der Waals surface area contributed by atoms with E-state index in [-0.39, 0.29) is 0 Å². The van der Waals surface area contributed by atoms with Crippen molar-refractivity contribution in [1.82, 2.24) is 14.9 Å². The van der Waals surface area contributed by atoms with Gasteiger partial charge >= 0.3 is 0 Å². The summed E-state index contributed by atoms with van der Waals surface area (Å²) in [6, 6.07) is 0.384. The normalized spacial score (nSPS) is 22.3. The zero-order valence-electron chi connectivity index (χ0n) is 11.7. The molecule has 102 valence electrons. The highest BCUT2D eigenvalue weighted by atomic mass is 16.5. The van der Waals surface area contributed by atoms with Gasteiger partial charge < -0.3 is 14.6 Å². The van der Waals surface area contributed by atoms with Crippen molar-refractivity contribution in [1.29, 1.82) is 0 Å². The van der Waals surface area contributed by atoms with E-state index in [0.29, 0.717) is 17.9 Å². The zero-order valence-corrected chi connectivity index (χ0v) is 11.7. The van der Waals surface area contributed by atoms with Crippen LogP contribution in [0.5, 0.6) is 0 Å². The highest BCUT2D eigenvalue weighted by Gasteiger charge is 2.23. The number of piperidine rings is 1. The van der Waals surface area contributed by atoms with E-state index in [4.69, 9.17) is 4.74 Å². The van der Waals surface area contributed by atoms with Crippen LogP contribution in [0.15, 0.2) is 12.5 Å². The summed E-state index contributed by atoms with van der Waals surface area (Å²) >= 11 is 0. The molecule has 2 rings (SSSR count). The van der Waals surface area contributed by atoms with Crippen LogP contribution in [0.3, 0.4) is 0 Å². The van der Waals surface area contributed by atoms with Crippen LogP contribution < -0.4 is 5.32 Å². The maximum Gasteiger partial charge on any atom is 0.0951 e. The minimum atomic E-state index is 0.384. The molecule has 1 aliphatic rings. The van der Waals surface area contributed by atoms with Crippen molar-refractivity contribution in [3.63, 3.8) is 0 Å². The molecule has 1 aromatic rings. The molecular weight excluding hydrogens is 226 g/mol. The van der Waals surface area contributed by atoms with Gasteiger partial charge in [0.05, 0.1) is 19.0 Å². The highest BCUT2D eigenvalue weighted by Crippen LogP contribution is 2.28. The lowest BCUT2D eigenvalue weighted by molar-refractivity contribution is 0.130. The molecule has 4 nitrogen and oxygen atoms in total. The lowest BCUT2D eigenvalue weighted by Crippen LogP contribution is -2.31. The number of nitrogens with zero attached hydrogens (tertiary/aromatic N) is 2. The molecule has 0 aliphatic carbocycles. The maximum absolute atomic E-state index is 5.37. The number of imidazole rings is 1. The number of hydrogen-bond donors (Lipinski definition) is 1. The van der Waals surface area contributed by atoms with Crippen LogP contribution in [0, 0.1) is 5.92 Å². The number of nitrogens with one attached hydrogen (secondary N) is 1. The smallest absolute Gasteiger partial charge is 0.0951 e. The van der Waals surface area contributed by atoms with Gasteiger partial charge in [-0.2, -0.15) is 0 Å². The Labute approximate surface area is 110 Å². The summed E-state index contributed by atoms with van der Waals surface area (Å²) in [4.78, 5) is 4.36. The van der Waals surface area contributed by atoms with Crippen molar-refractivity contribution >= 4 is 0 Å². The monoisotopic (exact) mass is 251 g/mol. The van der Waals surface area contributed by atoms with Gasteiger partial charge in [-0.25, -0.2) is 4.98 Å². The summed E-state index contributed by atoms with van der Waals surface area (Å²) in [6.07, 6.45) is 6.51. The molecule has 1 aromatic heterocycles. The van der Waals surface area contributed by atoms with E-state index < -0.39 is 0 Å². The first kappa shape index (κ1) is 13.6. The predicted octanol–water partition coefficient (Wildman–Crippen LogP) is 2.19. The van der Waals surface area contributed by atoms with Crippen molar-refractivity contribution < 1.29 is 4.74 Å². The lowest BCUT2D eigenvalue weighted by Gasteiger charge is -2.29. The second-order valence-corrected chi connectivity index (χ2v) is 5.54. The van der Waals surface area contributed by atoms with Gasteiger partial charge in [0.25, 0.3) is 0 Å². The van der Waals surface area contributed by atoms with E-state index in [1.165, 1.54) is 18.5 Å². The molecule has 0 saturated carbocycles. The molecule has 2 heterocycles. The van der Waals surface area contributed by atoms with Gasteiger partial charge in [-0.15, -0.1) is 0 Å². The molecular formula is C14H25N3O. The minimum Gasteiger partial charge on any atom is -0.383 e. The number of rotatable bonds is 5. The third-order valence-electron chi connectivity index (χ3n) is 3.88. The molecule has 0 aromatic carbocycles. The van der Waals surface area contributed by atoms with Crippen LogP contribution in [0.2, 0.25) is 0 Å². The lowest BCUT2D eigenvalue weighted by atomic mass is 9.95. The first-order valence-corrected chi connectivity index (χ1v) is 6.95. The van der Waals surface area contributed by atoms with Crippen molar-refractivity contribution in [2.75, 3.05) is 26.8 Å². The zero-order chi connectivity index (χ0) is 13.0. The van der Waals surface area contributed by atoms with Crippen LogP contribution in [-0.2, 0) is 4.74 Å². The topological polar surface area (TPSA) is 39.1 Å². The van der Waals surface area contributed by atoms with E-state index in [0.717, 1.165) is 19.7 Å². The third kappa shape index (κ3) is 2.93. The Bertz CT molecular complexity index is 356. The van der Waals surface area contributed by atoms with Crippen LogP contribution in [0.25, 0.3) is 0 Å². The average Bonchev–Trinajstić information content (AvgIpc) is 2.85. The molecule has 0 bridgehead atoms. The van der Waals surface area contributed by atoms with Crippen molar-refractivity contribution in [2.24, 2.45) is 5.92 Å². The average molecular weight is 251 g/mol. The van der Waals surface area contributed by atoms with Gasteiger partial charge in [0, 0.05) is 31.5 Å². The number of ether oxygens (including phenoxy) is 1. The number of hydrogen-bond acceptors (Lipinski definition) is 3. The van der Waals surface area contributed by atoms with Crippen molar-refractivity contribution in [3.8, 4) is 0 Å². The molecule has 0 radical (unpaired) electrons. The van der Waals surface area contributed by atoms with E-state index in [2.05, 4.69) is 28.7 Å². The number of methoxy groups -OCH3 is 1. The predicted molar refractivity (Wildman–Crippen MR) is 72.8 cm³/mol. The standard InChI is InChI=1S/C14H25N3O/c1-11(2)14(9-18-3)17-10-16-8-13(17)12-5-4-6-15-7-12/h8,10-12,14-15H,4-7,9H2,1-3H3. The minimum absolute atomic E-state index is 0.384. The van der Waals surface area contributed by atoms with E-state index in [1.54, 1.807) is 7.11 Å². The van der Waals surface area contributed by atoms with Gasteiger partial charge in [0.1, 0.15) is 0 Å². The highest BCUT2D eigenvalue weighted by molar-refractivity contribution is 5.10. The quantitative estimate of drug-likeness (QED) is 0.872. The Balaban J connectivity index is 2.19. The summed E-state index contributed by atoms with van der Waals surface area (Å²) in [6.45, 7) is 7.46. The molecule has 1 fully saturated rings. The SMILES string of the molecule is COCC(C(C)C)n1cncc1C1CCCNC1. The molecule has 1 N–H and O–H groups in total. The Hall–Kier alpha value is -0.870. The molecule has 4 heteroatoms. The fraction of sp³-hybridized carbons (Fsp3) is 0.786. The van der Waals surface area contributed by atoms with E-state index in [1.807, 2.05) is 12.5 Å². The Kier molecular flexibility index (Phi) is 4.78. The molecule has 0 spiro atoms.